The second-order valence-electron chi connectivity index (χ2n) is 4.56. The second kappa shape index (κ2) is 6.42. The minimum atomic E-state index is -0.778. The lowest BCUT2D eigenvalue weighted by molar-refractivity contribution is -0.385. The number of hydrogen-bond donors (Lipinski definition) is 2. The molecule has 0 atom stereocenters. The first kappa shape index (κ1) is 16.0. The zero-order valence-electron chi connectivity index (χ0n) is 11.5. The lowest BCUT2D eigenvalue weighted by Gasteiger charge is -2.31. The van der Waals surface area contributed by atoms with Crippen LogP contribution in [0.15, 0.2) is 18.2 Å². The van der Waals surface area contributed by atoms with Gasteiger partial charge in [-0.3, -0.25) is 14.9 Å². The number of rotatable bonds is 6. The molecule has 0 saturated carbocycles. The van der Waals surface area contributed by atoms with E-state index < -0.39 is 27.9 Å². The number of hydrogen-bond acceptors (Lipinski definition) is 4. The predicted molar refractivity (Wildman–Crippen MR) is 72.9 cm³/mol. The molecule has 0 aliphatic rings. The lowest BCUT2D eigenvalue weighted by Crippen LogP contribution is -2.52. The van der Waals surface area contributed by atoms with E-state index in [1.807, 2.05) is 13.8 Å². The fourth-order valence-electron chi connectivity index (χ4n) is 1.92. The molecule has 1 rings (SSSR count). The normalized spacial score (nSPS) is 11.2. The molecular formula is C13H18FN3O3. The molecular weight excluding hydrogens is 265 g/mol. The van der Waals surface area contributed by atoms with Crippen LogP contribution in [0.3, 0.4) is 0 Å². The van der Waals surface area contributed by atoms with E-state index in [1.54, 1.807) is 0 Å². The summed E-state index contributed by atoms with van der Waals surface area (Å²) in [5, 5.41) is 13.6. The first-order chi connectivity index (χ1) is 9.39. The van der Waals surface area contributed by atoms with Crippen LogP contribution >= 0.6 is 0 Å². The van der Waals surface area contributed by atoms with Crippen LogP contribution in [0, 0.1) is 15.9 Å². The van der Waals surface area contributed by atoms with Gasteiger partial charge in [0, 0.05) is 6.54 Å². The van der Waals surface area contributed by atoms with Gasteiger partial charge in [-0.05, 0) is 25.0 Å². The Kier molecular flexibility index (Phi) is 5.15. The van der Waals surface area contributed by atoms with E-state index in [2.05, 4.69) is 5.32 Å². The summed E-state index contributed by atoms with van der Waals surface area (Å²) in [6, 6.07) is 2.86. The van der Waals surface area contributed by atoms with Crippen molar-refractivity contribution in [1.29, 1.82) is 0 Å². The highest BCUT2D eigenvalue weighted by Gasteiger charge is 2.29. The van der Waals surface area contributed by atoms with E-state index in [9.17, 15) is 19.3 Å². The van der Waals surface area contributed by atoms with Gasteiger partial charge >= 0.3 is 0 Å². The number of amides is 1. The third-order valence-corrected chi connectivity index (χ3v) is 3.52. The average Bonchev–Trinajstić information content (AvgIpc) is 2.44. The van der Waals surface area contributed by atoms with E-state index in [4.69, 9.17) is 5.73 Å². The Morgan fingerprint density at radius 2 is 2.05 bits per heavy atom. The van der Waals surface area contributed by atoms with Crippen LogP contribution < -0.4 is 11.1 Å². The largest absolute Gasteiger partial charge is 0.345 e. The Bertz CT molecular complexity index is 507. The maximum atomic E-state index is 13.1. The molecule has 0 saturated heterocycles. The van der Waals surface area contributed by atoms with Crippen molar-refractivity contribution >= 4 is 11.6 Å². The molecule has 6 nitrogen and oxygen atoms in total. The van der Waals surface area contributed by atoms with Crippen LogP contribution in [0.5, 0.6) is 0 Å². The highest BCUT2D eigenvalue weighted by molar-refractivity contribution is 5.98. The molecule has 0 fully saturated rings. The van der Waals surface area contributed by atoms with Crippen LogP contribution in [0.4, 0.5) is 10.1 Å². The standard InChI is InChI=1S/C13H18FN3O3/c1-3-13(4-2,8-15)16-12(18)10-6-5-9(14)7-11(10)17(19)20/h5-7H,3-4,8,15H2,1-2H3,(H,16,18). The molecule has 0 unspecified atom stereocenters. The van der Waals surface area contributed by atoms with Gasteiger partial charge in [-0.2, -0.15) is 0 Å². The second-order valence-corrected chi connectivity index (χ2v) is 4.56. The number of nitro benzene ring substituents is 1. The van der Waals surface area contributed by atoms with Gasteiger partial charge in [0.05, 0.1) is 16.5 Å². The molecule has 0 radical (unpaired) electrons. The number of halogens is 1. The molecule has 7 heteroatoms. The summed E-state index contributed by atoms with van der Waals surface area (Å²) in [5.41, 5.74) is 4.33. The minimum absolute atomic E-state index is 0.170. The van der Waals surface area contributed by atoms with Gasteiger partial charge in [0.1, 0.15) is 11.4 Å². The average molecular weight is 283 g/mol. The van der Waals surface area contributed by atoms with Crippen molar-refractivity contribution in [3.05, 3.63) is 39.7 Å². The van der Waals surface area contributed by atoms with Crippen molar-refractivity contribution in [3.63, 3.8) is 0 Å². The number of carbonyl (C=O) groups excluding carboxylic acids is 1. The van der Waals surface area contributed by atoms with Crippen LogP contribution in [0.1, 0.15) is 37.0 Å². The zero-order valence-corrected chi connectivity index (χ0v) is 11.5. The molecule has 0 heterocycles. The Morgan fingerprint density at radius 1 is 1.45 bits per heavy atom. The maximum Gasteiger partial charge on any atom is 0.285 e. The van der Waals surface area contributed by atoms with Crippen molar-refractivity contribution < 1.29 is 14.1 Å². The fraction of sp³-hybridized carbons (Fsp3) is 0.462. The summed E-state index contributed by atoms with van der Waals surface area (Å²) in [6.07, 6.45) is 1.20. The van der Waals surface area contributed by atoms with Gasteiger partial charge in [-0.25, -0.2) is 4.39 Å². The zero-order chi connectivity index (χ0) is 15.3. The quantitative estimate of drug-likeness (QED) is 0.616. The van der Waals surface area contributed by atoms with Crippen molar-refractivity contribution in [2.75, 3.05) is 6.54 Å². The molecule has 0 aromatic heterocycles. The molecule has 1 aromatic rings. The van der Waals surface area contributed by atoms with Crippen molar-refractivity contribution in [1.82, 2.24) is 5.32 Å². The van der Waals surface area contributed by atoms with E-state index >= 15 is 0 Å². The van der Waals surface area contributed by atoms with Gasteiger partial charge in [-0.1, -0.05) is 13.8 Å². The Balaban J connectivity index is 3.12. The summed E-state index contributed by atoms with van der Waals surface area (Å²) in [6.45, 7) is 3.96. The number of nitro groups is 1. The monoisotopic (exact) mass is 283 g/mol. The Morgan fingerprint density at radius 3 is 2.50 bits per heavy atom. The molecule has 110 valence electrons. The van der Waals surface area contributed by atoms with Crippen molar-refractivity contribution in [3.8, 4) is 0 Å². The Labute approximate surface area is 116 Å². The van der Waals surface area contributed by atoms with E-state index in [0.29, 0.717) is 12.8 Å². The number of nitrogens with one attached hydrogen (secondary N) is 1. The van der Waals surface area contributed by atoms with Gasteiger partial charge in [-0.15, -0.1) is 0 Å². The molecule has 0 bridgehead atoms. The maximum absolute atomic E-state index is 13.1. The third kappa shape index (κ3) is 3.30. The van der Waals surface area contributed by atoms with Crippen LogP contribution in [-0.4, -0.2) is 22.9 Å². The summed E-state index contributed by atoms with van der Waals surface area (Å²) in [4.78, 5) is 22.3. The molecule has 0 spiro atoms. The molecule has 0 aliphatic heterocycles. The van der Waals surface area contributed by atoms with Crippen LogP contribution in [-0.2, 0) is 0 Å². The summed E-state index contributed by atoms with van der Waals surface area (Å²) >= 11 is 0. The third-order valence-electron chi connectivity index (χ3n) is 3.52. The van der Waals surface area contributed by atoms with E-state index in [1.165, 1.54) is 0 Å². The summed E-state index contributed by atoms with van der Waals surface area (Å²) in [7, 11) is 0. The minimum Gasteiger partial charge on any atom is -0.345 e. The highest BCUT2D eigenvalue weighted by Crippen LogP contribution is 2.22. The SMILES string of the molecule is CCC(CC)(CN)NC(=O)c1ccc(F)cc1[N+](=O)[O-]. The summed E-state index contributed by atoms with van der Waals surface area (Å²) < 4.78 is 13.1. The van der Waals surface area contributed by atoms with Gasteiger partial charge in [0.15, 0.2) is 0 Å². The Hall–Kier alpha value is -2.02. The molecule has 1 amide bonds. The topological polar surface area (TPSA) is 98.3 Å². The van der Waals surface area contributed by atoms with Gasteiger partial charge in [0.2, 0.25) is 0 Å². The number of nitrogens with zero attached hydrogens (tertiary/aromatic N) is 1. The molecule has 3 N–H and O–H groups in total. The number of carbonyl (C=O) groups is 1. The van der Waals surface area contributed by atoms with Crippen molar-refractivity contribution in [2.24, 2.45) is 5.73 Å². The smallest absolute Gasteiger partial charge is 0.285 e. The summed E-state index contributed by atoms with van der Waals surface area (Å²) in [5.74, 6) is -1.38. The van der Waals surface area contributed by atoms with Crippen LogP contribution in [0.2, 0.25) is 0 Å². The molecule has 1 aromatic carbocycles. The fourth-order valence-corrected chi connectivity index (χ4v) is 1.92. The molecule has 20 heavy (non-hydrogen) atoms. The van der Waals surface area contributed by atoms with Gasteiger partial charge in [0.25, 0.3) is 11.6 Å². The first-order valence-electron chi connectivity index (χ1n) is 6.35. The predicted octanol–water partition coefficient (Wildman–Crippen LogP) is 1.98. The molecule has 0 aliphatic carbocycles. The van der Waals surface area contributed by atoms with E-state index in [0.717, 1.165) is 18.2 Å². The van der Waals surface area contributed by atoms with Crippen molar-refractivity contribution in [2.45, 2.75) is 32.2 Å². The number of nitrogens with two attached hydrogens (primary N) is 1. The lowest BCUT2D eigenvalue weighted by atomic mass is 9.92. The van der Waals surface area contributed by atoms with E-state index in [-0.39, 0.29) is 12.1 Å². The van der Waals surface area contributed by atoms with Crippen LogP contribution in [0.25, 0.3) is 0 Å². The first-order valence-corrected chi connectivity index (χ1v) is 6.35. The highest BCUT2D eigenvalue weighted by atomic mass is 19.1. The van der Waals surface area contributed by atoms with Gasteiger partial charge < -0.3 is 11.1 Å². The number of benzene rings is 1.